The van der Waals surface area contributed by atoms with E-state index in [2.05, 4.69) is 30.5 Å². The minimum absolute atomic E-state index is 0.117. The zero-order valence-corrected chi connectivity index (χ0v) is 21.3. The van der Waals surface area contributed by atoms with Gasteiger partial charge in [0.15, 0.2) is 5.16 Å². The van der Waals surface area contributed by atoms with E-state index in [0.717, 1.165) is 16.6 Å². The lowest BCUT2D eigenvalue weighted by atomic mass is 10.1. The van der Waals surface area contributed by atoms with Crippen molar-refractivity contribution < 1.29 is 4.79 Å². The molecule has 0 saturated carbocycles. The highest BCUT2D eigenvalue weighted by atomic mass is 32.2. The van der Waals surface area contributed by atoms with Crippen LogP contribution in [0, 0.1) is 13.8 Å². The van der Waals surface area contributed by atoms with Gasteiger partial charge in [0.1, 0.15) is 17.3 Å². The van der Waals surface area contributed by atoms with Gasteiger partial charge in [-0.2, -0.15) is 0 Å². The second kappa shape index (κ2) is 9.57. The molecule has 0 aliphatic carbocycles. The third-order valence-corrected chi connectivity index (χ3v) is 7.09. The number of carbonyl (C=O) groups is 1. The number of rotatable bonds is 7. The molecular weight excluding hydrogens is 476 g/mol. The fourth-order valence-corrected chi connectivity index (χ4v) is 4.77. The van der Waals surface area contributed by atoms with Gasteiger partial charge >= 0.3 is 0 Å². The van der Waals surface area contributed by atoms with Gasteiger partial charge in [0.05, 0.1) is 22.8 Å². The SMILES string of the molecule is Cc1ccn2c(=O)c(Cc3nnc(SCC(=O)NC(C)c4nc5ccccc5[nH]4)n3C)c(C)nc2c1. The van der Waals surface area contributed by atoms with Gasteiger partial charge in [0.2, 0.25) is 5.91 Å². The number of aromatic nitrogens is 7. The van der Waals surface area contributed by atoms with Crippen molar-refractivity contribution in [1.82, 2.24) is 39.4 Å². The number of hydrogen-bond donors (Lipinski definition) is 2. The largest absolute Gasteiger partial charge is 0.346 e. The molecule has 2 N–H and O–H groups in total. The van der Waals surface area contributed by atoms with Crippen LogP contribution in [0.25, 0.3) is 16.7 Å². The Morgan fingerprint density at radius 1 is 1.17 bits per heavy atom. The first-order valence-electron chi connectivity index (χ1n) is 11.5. The quantitative estimate of drug-likeness (QED) is 0.328. The number of aryl methyl sites for hydroxylation is 2. The Kier molecular flexibility index (Phi) is 6.31. The molecule has 1 amide bonds. The van der Waals surface area contributed by atoms with Crippen LogP contribution in [0.5, 0.6) is 0 Å². The molecule has 10 nitrogen and oxygen atoms in total. The van der Waals surface area contributed by atoms with E-state index in [-0.39, 0.29) is 23.3 Å². The van der Waals surface area contributed by atoms with Crippen LogP contribution in [0.1, 0.15) is 41.4 Å². The zero-order valence-electron chi connectivity index (χ0n) is 20.4. The Morgan fingerprint density at radius 2 is 1.97 bits per heavy atom. The fourth-order valence-electron chi connectivity index (χ4n) is 4.03. The highest BCUT2D eigenvalue weighted by Gasteiger charge is 2.18. The Balaban J connectivity index is 1.25. The Hall–Kier alpha value is -3.99. The first kappa shape index (κ1) is 23.7. The molecule has 0 bridgehead atoms. The molecule has 5 rings (SSSR count). The number of hydrogen-bond acceptors (Lipinski definition) is 7. The van der Waals surface area contributed by atoms with Crippen molar-refractivity contribution in [2.24, 2.45) is 7.05 Å². The highest BCUT2D eigenvalue weighted by molar-refractivity contribution is 7.99. The van der Waals surface area contributed by atoms with Gasteiger partial charge in [-0.1, -0.05) is 23.9 Å². The van der Waals surface area contributed by atoms with Crippen molar-refractivity contribution in [2.45, 2.75) is 38.4 Å². The topological polar surface area (TPSA) is 123 Å². The van der Waals surface area contributed by atoms with E-state index in [0.29, 0.717) is 40.1 Å². The van der Waals surface area contributed by atoms with E-state index in [1.54, 1.807) is 10.6 Å². The number of nitrogens with zero attached hydrogens (tertiary/aromatic N) is 6. The first-order chi connectivity index (χ1) is 17.3. The number of aromatic amines is 1. The predicted molar refractivity (Wildman–Crippen MR) is 138 cm³/mol. The van der Waals surface area contributed by atoms with E-state index in [1.165, 1.54) is 11.8 Å². The molecule has 0 aliphatic rings. The number of thioether (sulfide) groups is 1. The number of imidazole rings is 1. The van der Waals surface area contributed by atoms with E-state index in [1.807, 2.05) is 68.8 Å². The van der Waals surface area contributed by atoms with Crippen LogP contribution in [0.4, 0.5) is 0 Å². The first-order valence-corrected chi connectivity index (χ1v) is 12.5. The van der Waals surface area contributed by atoms with E-state index < -0.39 is 0 Å². The van der Waals surface area contributed by atoms with Crippen LogP contribution in [0.2, 0.25) is 0 Å². The van der Waals surface area contributed by atoms with Crippen molar-refractivity contribution in [3.8, 4) is 0 Å². The van der Waals surface area contributed by atoms with Crippen LogP contribution in [-0.2, 0) is 18.3 Å². The lowest BCUT2D eigenvalue weighted by Gasteiger charge is -2.11. The van der Waals surface area contributed by atoms with Crippen LogP contribution in [0.3, 0.4) is 0 Å². The maximum atomic E-state index is 13.1. The van der Waals surface area contributed by atoms with Crippen LogP contribution < -0.4 is 10.9 Å². The average molecular weight is 503 g/mol. The standard InChI is InChI=1S/C25H26N8O2S/c1-14-9-10-33-20(11-14)26-15(2)17(24(33)35)12-21-30-31-25(32(21)4)36-13-22(34)27-16(3)23-28-18-7-5-6-8-19(18)29-23/h5-11,16H,12-13H2,1-4H3,(H,27,34)(H,28,29). The average Bonchev–Trinajstić information content (AvgIpc) is 3.43. The number of carbonyl (C=O) groups excluding carboxylic acids is 1. The molecule has 1 atom stereocenters. The maximum Gasteiger partial charge on any atom is 0.261 e. The molecule has 0 radical (unpaired) electrons. The summed E-state index contributed by atoms with van der Waals surface area (Å²) < 4.78 is 3.36. The summed E-state index contributed by atoms with van der Waals surface area (Å²) in [7, 11) is 1.83. The summed E-state index contributed by atoms with van der Waals surface area (Å²) in [5.74, 6) is 1.37. The highest BCUT2D eigenvalue weighted by Crippen LogP contribution is 2.19. The third kappa shape index (κ3) is 4.61. The predicted octanol–water partition coefficient (Wildman–Crippen LogP) is 2.88. The van der Waals surface area contributed by atoms with E-state index in [9.17, 15) is 9.59 Å². The lowest BCUT2D eigenvalue weighted by molar-refractivity contribution is -0.119. The summed E-state index contributed by atoms with van der Waals surface area (Å²) in [5, 5.41) is 12.1. The molecule has 184 valence electrons. The molecule has 36 heavy (non-hydrogen) atoms. The number of H-pyrrole nitrogens is 1. The van der Waals surface area contributed by atoms with Gasteiger partial charge in [-0.3, -0.25) is 14.0 Å². The second-order valence-corrected chi connectivity index (χ2v) is 9.71. The molecule has 0 spiro atoms. The molecule has 1 aromatic carbocycles. The molecule has 0 saturated heterocycles. The van der Waals surface area contributed by atoms with Gasteiger partial charge in [0.25, 0.3) is 5.56 Å². The van der Waals surface area contributed by atoms with Crippen molar-refractivity contribution in [3.63, 3.8) is 0 Å². The summed E-state index contributed by atoms with van der Waals surface area (Å²) in [6.07, 6.45) is 2.04. The van der Waals surface area contributed by atoms with Gasteiger partial charge < -0.3 is 14.9 Å². The number of benzene rings is 1. The van der Waals surface area contributed by atoms with Crippen molar-refractivity contribution >= 4 is 34.3 Å². The van der Waals surface area contributed by atoms with Gasteiger partial charge in [0, 0.05) is 30.9 Å². The normalized spacial score (nSPS) is 12.3. The fraction of sp³-hybridized carbons (Fsp3) is 0.280. The van der Waals surface area contributed by atoms with Gasteiger partial charge in [-0.25, -0.2) is 9.97 Å². The maximum absolute atomic E-state index is 13.1. The second-order valence-electron chi connectivity index (χ2n) is 8.76. The minimum Gasteiger partial charge on any atom is -0.346 e. The summed E-state index contributed by atoms with van der Waals surface area (Å²) in [4.78, 5) is 38.0. The smallest absolute Gasteiger partial charge is 0.261 e. The summed E-state index contributed by atoms with van der Waals surface area (Å²) in [6, 6.07) is 11.2. The van der Waals surface area contributed by atoms with Crippen molar-refractivity contribution in [2.75, 3.05) is 5.75 Å². The van der Waals surface area contributed by atoms with Crippen LogP contribution >= 0.6 is 11.8 Å². The Labute approximate surface area is 211 Å². The Bertz CT molecular complexity index is 1620. The van der Waals surface area contributed by atoms with E-state index in [4.69, 9.17) is 0 Å². The molecule has 11 heteroatoms. The molecule has 5 aromatic rings. The third-order valence-electron chi connectivity index (χ3n) is 6.07. The van der Waals surface area contributed by atoms with Crippen molar-refractivity contribution in [3.05, 3.63) is 81.4 Å². The summed E-state index contributed by atoms with van der Waals surface area (Å²) >= 11 is 1.29. The number of amides is 1. The monoisotopic (exact) mass is 502 g/mol. The summed E-state index contributed by atoms with van der Waals surface area (Å²) in [6.45, 7) is 5.69. The zero-order chi connectivity index (χ0) is 25.4. The molecule has 1 unspecified atom stereocenters. The molecule has 0 fully saturated rings. The lowest BCUT2D eigenvalue weighted by Crippen LogP contribution is -2.29. The minimum atomic E-state index is -0.263. The molecular formula is C25H26N8O2S. The van der Waals surface area contributed by atoms with Gasteiger partial charge in [-0.05, 0) is 50.6 Å². The number of para-hydroxylation sites is 2. The number of fused-ring (bicyclic) bond motifs is 2. The molecule has 0 aliphatic heterocycles. The summed E-state index contributed by atoms with van der Waals surface area (Å²) in [5.41, 5.74) is 4.58. The van der Waals surface area contributed by atoms with Crippen LogP contribution in [-0.4, -0.2) is 45.8 Å². The molecule has 4 heterocycles. The van der Waals surface area contributed by atoms with E-state index >= 15 is 0 Å². The van der Waals surface area contributed by atoms with Gasteiger partial charge in [-0.15, -0.1) is 10.2 Å². The molecule has 4 aromatic heterocycles. The number of pyridine rings is 1. The van der Waals surface area contributed by atoms with Crippen LogP contribution in [0.15, 0.2) is 52.5 Å². The number of nitrogens with one attached hydrogen (secondary N) is 2. The van der Waals surface area contributed by atoms with Crippen molar-refractivity contribution in [1.29, 1.82) is 0 Å². The Morgan fingerprint density at radius 3 is 2.78 bits per heavy atom.